The summed E-state index contributed by atoms with van der Waals surface area (Å²) < 4.78 is 13.5. The van der Waals surface area contributed by atoms with Gasteiger partial charge in [0.25, 0.3) is 5.91 Å². The van der Waals surface area contributed by atoms with E-state index in [9.17, 15) is 23.9 Å². The van der Waals surface area contributed by atoms with Crippen molar-refractivity contribution in [2.75, 3.05) is 13.1 Å². The highest BCUT2D eigenvalue weighted by Crippen LogP contribution is 2.37. The first-order valence-electron chi connectivity index (χ1n) is 15.8. The Kier molecular flexibility index (Phi) is 9.51. The summed E-state index contributed by atoms with van der Waals surface area (Å²) in [6, 6.07) is 12.4. The van der Waals surface area contributed by atoms with E-state index in [-0.39, 0.29) is 37.2 Å². The van der Waals surface area contributed by atoms with Crippen LogP contribution in [-0.4, -0.2) is 63.2 Å². The maximum absolute atomic E-state index is 13.5. The van der Waals surface area contributed by atoms with Gasteiger partial charge >= 0.3 is 0 Å². The second-order valence-corrected chi connectivity index (χ2v) is 13.8. The number of amides is 3. The smallest absolute Gasteiger partial charge is 0.270 e. The molecule has 1 aromatic heterocycles. The third-order valence-corrected chi connectivity index (χ3v) is 10.2. The molecule has 3 amide bonds. The van der Waals surface area contributed by atoms with Gasteiger partial charge in [0.1, 0.15) is 17.6 Å². The fourth-order valence-corrected chi connectivity index (χ4v) is 7.48. The summed E-state index contributed by atoms with van der Waals surface area (Å²) in [6.07, 6.45) is 11.2. The third kappa shape index (κ3) is 7.73. The van der Waals surface area contributed by atoms with Gasteiger partial charge in [-0.3, -0.25) is 14.4 Å². The number of aliphatic hydroxyl groups excluding tert-OH is 1. The molecule has 0 radical (unpaired) electrons. The molecule has 0 spiro atoms. The number of benzene rings is 2. The fraction of sp³-hybridized carbons (Fsp3) is 0.429. The molecule has 2 saturated carbocycles. The van der Waals surface area contributed by atoms with Gasteiger partial charge in [-0.2, -0.15) is 0 Å². The molecule has 1 aliphatic heterocycles. The van der Waals surface area contributed by atoms with Crippen molar-refractivity contribution in [3.8, 4) is 0 Å². The lowest BCUT2D eigenvalue weighted by atomic mass is 10.00. The molecule has 45 heavy (non-hydrogen) atoms. The number of carbonyl (C=O) groups is 3. The Bertz CT molecular complexity index is 1620. The highest BCUT2D eigenvalue weighted by atomic mass is 32.2. The molecule has 3 aliphatic rings. The number of hydrogen-bond acceptors (Lipinski definition) is 6. The molecule has 3 atom stereocenters. The number of aliphatic hydroxyl groups is 1. The Labute approximate surface area is 266 Å². The van der Waals surface area contributed by atoms with Gasteiger partial charge in [-0.05, 0) is 86.1 Å². The first kappa shape index (κ1) is 31.2. The van der Waals surface area contributed by atoms with Gasteiger partial charge in [0.2, 0.25) is 11.8 Å². The van der Waals surface area contributed by atoms with E-state index in [1.165, 1.54) is 72.6 Å². The summed E-state index contributed by atoms with van der Waals surface area (Å²) in [5.74, 6) is -1.16. The summed E-state index contributed by atoms with van der Waals surface area (Å²) in [5, 5.41) is 17.3. The van der Waals surface area contributed by atoms with Crippen molar-refractivity contribution in [3.63, 3.8) is 0 Å². The maximum atomic E-state index is 13.5. The van der Waals surface area contributed by atoms with Crippen molar-refractivity contribution in [3.05, 3.63) is 77.2 Å². The molecule has 0 bridgehead atoms. The van der Waals surface area contributed by atoms with Gasteiger partial charge in [-0.1, -0.05) is 37.1 Å². The zero-order valence-corrected chi connectivity index (χ0v) is 26.2. The fourth-order valence-electron chi connectivity index (χ4n) is 6.19. The highest BCUT2D eigenvalue weighted by molar-refractivity contribution is 8.00. The molecule has 2 heterocycles. The minimum atomic E-state index is -0.858. The average molecular weight is 631 g/mol. The van der Waals surface area contributed by atoms with E-state index in [1.54, 1.807) is 6.07 Å². The van der Waals surface area contributed by atoms with Gasteiger partial charge in [-0.15, -0.1) is 11.8 Å². The van der Waals surface area contributed by atoms with Crippen LogP contribution < -0.4 is 10.6 Å². The SMILES string of the molecule is C[C@H](NC(=O)[C@@H]1C[C@@H](O)CN1C(=O)CNC(=O)c1ccc2cc(F)ccc2n1)c1ccc(SC2CCCC2)cc1/C=C/C1CC1. The van der Waals surface area contributed by atoms with Crippen LogP contribution >= 0.6 is 11.8 Å². The molecular weight excluding hydrogens is 591 g/mol. The molecule has 10 heteroatoms. The predicted molar refractivity (Wildman–Crippen MR) is 173 cm³/mol. The topological polar surface area (TPSA) is 112 Å². The number of thioether (sulfide) groups is 1. The van der Waals surface area contributed by atoms with E-state index < -0.39 is 29.8 Å². The molecule has 3 aromatic rings. The number of likely N-dealkylation sites (tertiary alicyclic amines) is 1. The van der Waals surface area contributed by atoms with E-state index in [0.717, 1.165) is 11.1 Å². The monoisotopic (exact) mass is 630 g/mol. The largest absolute Gasteiger partial charge is 0.391 e. The normalized spacial score (nSPS) is 21.0. The Morgan fingerprint density at radius 3 is 2.67 bits per heavy atom. The first-order chi connectivity index (χ1) is 21.7. The van der Waals surface area contributed by atoms with Crippen LogP contribution in [0.15, 0.2) is 59.5 Å². The van der Waals surface area contributed by atoms with E-state index in [0.29, 0.717) is 22.1 Å². The van der Waals surface area contributed by atoms with Crippen molar-refractivity contribution in [2.24, 2.45) is 5.92 Å². The van der Waals surface area contributed by atoms with Gasteiger partial charge in [0.05, 0.1) is 24.2 Å². The summed E-state index contributed by atoms with van der Waals surface area (Å²) in [7, 11) is 0. The van der Waals surface area contributed by atoms with Crippen LogP contribution in [0.2, 0.25) is 0 Å². The summed E-state index contributed by atoms with van der Waals surface area (Å²) in [6.45, 7) is 1.59. The Hall–Kier alpha value is -3.76. The van der Waals surface area contributed by atoms with Crippen LogP contribution in [0.25, 0.3) is 17.0 Å². The molecule has 1 saturated heterocycles. The molecule has 6 rings (SSSR count). The quantitative estimate of drug-likeness (QED) is 0.277. The maximum Gasteiger partial charge on any atom is 0.270 e. The van der Waals surface area contributed by atoms with Gasteiger partial charge in [-0.25, -0.2) is 9.37 Å². The number of rotatable bonds is 10. The van der Waals surface area contributed by atoms with Crippen LogP contribution in [0.1, 0.15) is 79.5 Å². The number of aromatic nitrogens is 1. The zero-order chi connectivity index (χ0) is 31.5. The second-order valence-electron chi connectivity index (χ2n) is 12.4. The van der Waals surface area contributed by atoms with E-state index in [1.807, 2.05) is 18.7 Å². The molecular formula is C35H39FN4O4S. The van der Waals surface area contributed by atoms with Crippen LogP contribution in [-0.2, 0) is 9.59 Å². The van der Waals surface area contributed by atoms with Crippen LogP contribution in [0.5, 0.6) is 0 Å². The number of allylic oxidation sites excluding steroid dienone is 1. The molecule has 2 aliphatic carbocycles. The van der Waals surface area contributed by atoms with Crippen molar-refractivity contribution in [1.82, 2.24) is 20.5 Å². The Morgan fingerprint density at radius 1 is 1.09 bits per heavy atom. The Balaban J connectivity index is 1.09. The third-order valence-electron chi connectivity index (χ3n) is 8.84. The lowest BCUT2D eigenvalue weighted by molar-refractivity contribution is -0.138. The number of pyridine rings is 1. The number of halogens is 1. The van der Waals surface area contributed by atoms with Gasteiger partial charge in [0, 0.05) is 28.5 Å². The summed E-state index contributed by atoms with van der Waals surface area (Å²) >= 11 is 1.94. The molecule has 2 aromatic carbocycles. The van der Waals surface area contributed by atoms with E-state index >= 15 is 0 Å². The molecule has 236 valence electrons. The average Bonchev–Trinajstić information content (AvgIpc) is 3.56. The Morgan fingerprint density at radius 2 is 1.89 bits per heavy atom. The summed E-state index contributed by atoms with van der Waals surface area (Å²) in [5.41, 5.74) is 2.64. The predicted octanol–water partition coefficient (Wildman–Crippen LogP) is 5.40. The number of nitrogens with zero attached hydrogens (tertiary/aromatic N) is 2. The molecule has 0 unspecified atom stereocenters. The molecule has 8 nitrogen and oxygen atoms in total. The van der Waals surface area contributed by atoms with Crippen molar-refractivity contribution >= 4 is 46.5 Å². The molecule has 3 fully saturated rings. The standard InChI is InChI=1S/C35H39FN4O4S/c1-21(29-13-12-28(45-27-4-2-3-5-27)17-23(29)9-8-22-6-7-22)38-35(44)32-18-26(41)20-40(32)33(42)19-37-34(43)31-14-10-24-16-25(36)11-15-30(24)39-31/h8-17,21-22,26-27,32,41H,2-7,18-20H2,1H3,(H,37,43)(H,38,44)/b9-8+/t21-,26+,32-/m0/s1. The van der Waals surface area contributed by atoms with Crippen LogP contribution in [0.4, 0.5) is 4.39 Å². The number of nitrogens with one attached hydrogen (secondary N) is 2. The number of carbonyl (C=O) groups excluding carboxylic acids is 3. The summed E-state index contributed by atoms with van der Waals surface area (Å²) in [4.78, 5) is 46.3. The van der Waals surface area contributed by atoms with Gasteiger partial charge < -0.3 is 20.6 Å². The lowest BCUT2D eigenvalue weighted by Gasteiger charge is -2.26. The first-order valence-corrected chi connectivity index (χ1v) is 16.7. The molecule has 3 N–H and O–H groups in total. The highest BCUT2D eigenvalue weighted by Gasteiger charge is 2.39. The second kappa shape index (κ2) is 13.7. The van der Waals surface area contributed by atoms with Crippen LogP contribution in [0.3, 0.4) is 0 Å². The number of fused-ring (bicyclic) bond motifs is 1. The minimum absolute atomic E-state index is 0.00340. The lowest BCUT2D eigenvalue weighted by Crippen LogP contribution is -2.49. The zero-order valence-electron chi connectivity index (χ0n) is 25.4. The van der Waals surface area contributed by atoms with Crippen molar-refractivity contribution < 1.29 is 23.9 Å². The van der Waals surface area contributed by atoms with E-state index in [4.69, 9.17) is 0 Å². The number of β-amino-alcohol motifs (C(OH)–C–C–N with tert-alkyl or cyclic N) is 1. The van der Waals surface area contributed by atoms with Crippen LogP contribution in [0, 0.1) is 11.7 Å². The van der Waals surface area contributed by atoms with Crippen molar-refractivity contribution in [1.29, 1.82) is 0 Å². The number of hydrogen-bond donors (Lipinski definition) is 3. The van der Waals surface area contributed by atoms with E-state index in [2.05, 4.69) is 46.0 Å². The van der Waals surface area contributed by atoms with Gasteiger partial charge in [0.15, 0.2) is 0 Å². The minimum Gasteiger partial charge on any atom is -0.391 e. The van der Waals surface area contributed by atoms with Crippen molar-refractivity contribution in [2.45, 2.75) is 80.2 Å².